The molecule has 29 heavy (non-hydrogen) atoms. The molecule has 1 aromatic heterocycles. The SMILES string of the molecule is CN(C)C(=O)c1ccc(CCC(=O)NCc2nc(-c3ccc(F)cc3)no2)cc1. The Morgan fingerprint density at radius 2 is 1.76 bits per heavy atom. The zero-order chi connectivity index (χ0) is 20.8. The van der Waals surface area contributed by atoms with Crippen molar-refractivity contribution in [2.45, 2.75) is 19.4 Å². The van der Waals surface area contributed by atoms with E-state index in [-0.39, 0.29) is 30.1 Å². The number of carbonyl (C=O) groups is 2. The zero-order valence-corrected chi connectivity index (χ0v) is 16.2. The maximum absolute atomic E-state index is 13.0. The first kappa shape index (κ1) is 20.2. The van der Waals surface area contributed by atoms with Gasteiger partial charge in [-0.25, -0.2) is 4.39 Å². The summed E-state index contributed by atoms with van der Waals surface area (Å²) in [4.78, 5) is 29.6. The number of nitrogens with one attached hydrogen (secondary N) is 1. The first-order chi connectivity index (χ1) is 13.9. The van der Waals surface area contributed by atoms with Crippen LogP contribution in [0.5, 0.6) is 0 Å². The van der Waals surface area contributed by atoms with E-state index in [4.69, 9.17) is 4.52 Å². The van der Waals surface area contributed by atoms with Gasteiger partial charge in [0.1, 0.15) is 5.82 Å². The van der Waals surface area contributed by atoms with E-state index in [1.165, 1.54) is 17.0 Å². The lowest BCUT2D eigenvalue weighted by Crippen LogP contribution is -2.23. The fourth-order valence-electron chi connectivity index (χ4n) is 2.64. The first-order valence-corrected chi connectivity index (χ1v) is 9.08. The molecule has 0 saturated heterocycles. The van der Waals surface area contributed by atoms with Gasteiger partial charge in [-0.3, -0.25) is 9.59 Å². The summed E-state index contributed by atoms with van der Waals surface area (Å²) in [5, 5.41) is 6.56. The monoisotopic (exact) mass is 396 g/mol. The van der Waals surface area contributed by atoms with Crippen LogP contribution in [0, 0.1) is 5.82 Å². The highest BCUT2D eigenvalue weighted by atomic mass is 19.1. The fourth-order valence-corrected chi connectivity index (χ4v) is 2.64. The molecule has 7 nitrogen and oxygen atoms in total. The topological polar surface area (TPSA) is 88.3 Å². The van der Waals surface area contributed by atoms with Gasteiger partial charge in [0, 0.05) is 31.6 Å². The summed E-state index contributed by atoms with van der Waals surface area (Å²) in [5.41, 5.74) is 2.20. The average Bonchev–Trinajstić information content (AvgIpc) is 3.20. The largest absolute Gasteiger partial charge is 0.347 e. The highest BCUT2D eigenvalue weighted by molar-refractivity contribution is 5.93. The van der Waals surface area contributed by atoms with Gasteiger partial charge in [0.15, 0.2) is 0 Å². The van der Waals surface area contributed by atoms with Gasteiger partial charge >= 0.3 is 0 Å². The molecule has 2 aromatic carbocycles. The predicted octanol–water partition coefficient (Wildman–Crippen LogP) is 2.83. The normalized spacial score (nSPS) is 10.6. The molecule has 0 bridgehead atoms. The molecule has 0 atom stereocenters. The first-order valence-electron chi connectivity index (χ1n) is 9.08. The molecular formula is C21H21FN4O3. The number of amides is 2. The van der Waals surface area contributed by atoms with Gasteiger partial charge < -0.3 is 14.7 Å². The second-order valence-corrected chi connectivity index (χ2v) is 6.69. The highest BCUT2D eigenvalue weighted by Crippen LogP contribution is 2.16. The summed E-state index contributed by atoms with van der Waals surface area (Å²) in [6, 6.07) is 12.9. The molecule has 0 unspecified atom stereocenters. The van der Waals surface area contributed by atoms with Gasteiger partial charge in [0.25, 0.3) is 5.91 Å². The number of carbonyl (C=O) groups excluding carboxylic acids is 2. The van der Waals surface area contributed by atoms with Crippen LogP contribution in [0.15, 0.2) is 53.1 Å². The number of halogens is 1. The Hall–Kier alpha value is -3.55. The number of hydrogen-bond donors (Lipinski definition) is 1. The standard InChI is InChI=1S/C21H21FN4O3/c1-26(2)21(28)16-6-3-14(4-7-16)5-12-18(27)23-13-19-24-20(25-29-19)15-8-10-17(22)11-9-15/h3-4,6-11H,5,12-13H2,1-2H3,(H,23,27). The van der Waals surface area contributed by atoms with E-state index >= 15 is 0 Å². The van der Waals surface area contributed by atoms with Crippen LogP contribution in [0.1, 0.15) is 28.2 Å². The van der Waals surface area contributed by atoms with E-state index in [9.17, 15) is 14.0 Å². The van der Waals surface area contributed by atoms with Crippen molar-refractivity contribution in [1.82, 2.24) is 20.4 Å². The summed E-state index contributed by atoms with van der Waals surface area (Å²) in [7, 11) is 3.40. The van der Waals surface area contributed by atoms with E-state index in [1.807, 2.05) is 12.1 Å². The molecule has 3 aromatic rings. The molecule has 0 spiro atoms. The molecular weight excluding hydrogens is 375 g/mol. The average molecular weight is 396 g/mol. The van der Waals surface area contributed by atoms with Crippen LogP contribution in [0.25, 0.3) is 11.4 Å². The van der Waals surface area contributed by atoms with E-state index < -0.39 is 0 Å². The molecule has 150 valence electrons. The molecule has 0 fully saturated rings. The third-order valence-electron chi connectivity index (χ3n) is 4.26. The number of benzene rings is 2. The van der Waals surface area contributed by atoms with Crippen LogP contribution < -0.4 is 5.32 Å². The van der Waals surface area contributed by atoms with Crippen molar-refractivity contribution in [2.75, 3.05) is 14.1 Å². The summed E-state index contributed by atoms with van der Waals surface area (Å²) in [6.07, 6.45) is 0.840. The summed E-state index contributed by atoms with van der Waals surface area (Å²) in [5.74, 6) is 0.0448. The third-order valence-corrected chi connectivity index (χ3v) is 4.26. The summed E-state index contributed by atoms with van der Waals surface area (Å²) in [6.45, 7) is 0.114. The molecule has 0 saturated carbocycles. The number of nitrogens with zero attached hydrogens (tertiary/aromatic N) is 3. The number of rotatable bonds is 7. The number of aryl methyl sites for hydroxylation is 1. The molecule has 1 heterocycles. The maximum atomic E-state index is 13.0. The summed E-state index contributed by atoms with van der Waals surface area (Å²) < 4.78 is 18.1. The minimum Gasteiger partial charge on any atom is -0.347 e. The van der Waals surface area contributed by atoms with Gasteiger partial charge in [0.2, 0.25) is 17.6 Å². The van der Waals surface area contributed by atoms with Crippen molar-refractivity contribution in [1.29, 1.82) is 0 Å². The Bertz CT molecular complexity index is 982. The Morgan fingerprint density at radius 3 is 2.41 bits per heavy atom. The maximum Gasteiger partial charge on any atom is 0.253 e. The zero-order valence-electron chi connectivity index (χ0n) is 16.2. The number of hydrogen-bond acceptors (Lipinski definition) is 5. The highest BCUT2D eigenvalue weighted by Gasteiger charge is 2.11. The van der Waals surface area contributed by atoms with Crippen LogP contribution >= 0.6 is 0 Å². The van der Waals surface area contributed by atoms with E-state index in [0.29, 0.717) is 29.8 Å². The van der Waals surface area contributed by atoms with Crippen LogP contribution in [0.2, 0.25) is 0 Å². The fraction of sp³-hybridized carbons (Fsp3) is 0.238. The van der Waals surface area contributed by atoms with Crippen LogP contribution in [-0.2, 0) is 17.8 Å². The Balaban J connectivity index is 1.47. The van der Waals surface area contributed by atoms with E-state index in [0.717, 1.165) is 5.56 Å². The van der Waals surface area contributed by atoms with Crippen molar-refractivity contribution >= 4 is 11.8 Å². The Morgan fingerprint density at radius 1 is 1.07 bits per heavy atom. The van der Waals surface area contributed by atoms with Crippen molar-refractivity contribution in [3.63, 3.8) is 0 Å². The minimum atomic E-state index is -0.344. The minimum absolute atomic E-state index is 0.0612. The van der Waals surface area contributed by atoms with E-state index in [1.54, 1.807) is 38.4 Å². The molecule has 0 aliphatic rings. The van der Waals surface area contributed by atoms with Crippen molar-refractivity contribution in [3.8, 4) is 11.4 Å². The molecule has 8 heteroatoms. The van der Waals surface area contributed by atoms with Crippen LogP contribution in [0.3, 0.4) is 0 Å². The van der Waals surface area contributed by atoms with Crippen molar-refractivity contribution in [2.24, 2.45) is 0 Å². The van der Waals surface area contributed by atoms with Gasteiger partial charge in [-0.2, -0.15) is 4.98 Å². The van der Waals surface area contributed by atoms with Gasteiger partial charge in [-0.05, 0) is 48.4 Å². The van der Waals surface area contributed by atoms with Crippen LogP contribution in [-0.4, -0.2) is 41.0 Å². The Kier molecular flexibility index (Phi) is 6.33. The smallest absolute Gasteiger partial charge is 0.253 e. The molecule has 0 radical (unpaired) electrons. The lowest BCUT2D eigenvalue weighted by Gasteiger charge is -2.10. The Labute approximate surface area is 167 Å². The molecule has 0 aliphatic heterocycles. The lowest BCUT2D eigenvalue weighted by molar-refractivity contribution is -0.121. The second kappa shape index (κ2) is 9.09. The number of aromatic nitrogens is 2. The quantitative estimate of drug-likeness (QED) is 0.663. The molecule has 1 N–H and O–H groups in total. The van der Waals surface area contributed by atoms with Gasteiger partial charge in [-0.15, -0.1) is 0 Å². The van der Waals surface area contributed by atoms with Gasteiger partial charge in [0.05, 0.1) is 6.54 Å². The third kappa shape index (κ3) is 5.47. The van der Waals surface area contributed by atoms with Crippen LogP contribution in [0.4, 0.5) is 4.39 Å². The lowest BCUT2D eigenvalue weighted by atomic mass is 10.1. The van der Waals surface area contributed by atoms with Gasteiger partial charge in [-0.1, -0.05) is 17.3 Å². The molecule has 3 rings (SSSR count). The van der Waals surface area contributed by atoms with Crippen molar-refractivity contribution in [3.05, 3.63) is 71.4 Å². The second-order valence-electron chi connectivity index (χ2n) is 6.69. The molecule has 2 amide bonds. The predicted molar refractivity (Wildman–Crippen MR) is 104 cm³/mol. The summed E-state index contributed by atoms with van der Waals surface area (Å²) >= 11 is 0. The molecule has 0 aliphatic carbocycles. The van der Waals surface area contributed by atoms with E-state index in [2.05, 4.69) is 15.5 Å². The van der Waals surface area contributed by atoms with Crippen molar-refractivity contribution < 1.29 is 18.5 Å².